The summed E-state index contributed by atoms with van der Waals surface area (Å²) in [6, 6.07) is 0. The number of hydrogen-bond donors (Lipinski definition) is 1. The zero-order valence-electron chi connectivity index (χ0n) is 5.52. The van der Waals surface area contributed by atoms with Crippen molar-refractivity contribution in [2.24, 2.45) is 0 Å². The molecular weight excluding hydrogens is 136 g/mol. The minimum absolute atomic E-state index is 0.431. The second-order valence-electron chi connectivity index (χ2n) is 1.11. The Kier molecular flexibility index (Phi) is 6.44. The average molecular weight is 144 g/mol. The van der Waals surface area contributed by atoms with E-state index in [1.807, 2.05) is 0 Å². The first kappa shape index (κ1) is 8.54. The number of rotatable bonds is 2. The van der Waals surface area contributed by atoms with Gasteiger partial charge >= 0.3 is 0 Å². The fourth-order valence-corrected chi connectivity index (χ4v) is 0.197. The van der Waals surface area contributed by atoms with Crippen molar-refractivity contribution in [1.29, 1.82) is 0 Å². The van der Waals surface area contributed by atoms with Gasteiger partial charge in [-0.05, 0) is 6.92 Å². The maximum Gasteiger partial charge on any atom is 0.293 e. The number of ether oxygens (including phenoxy) is 1. The Morgan fingerprint density at radius 1 is 1.80 bits per heavy atom. The summed E-state index contributed by atoms with van der Waals surface area (Å²) in [4.78, 5) is 9.18. The number of H-pyrrole nitrogens is 1. The Bertz CT molecular complexity index is 124. The minimum atomic E-state index is 0.431. The standard InChI is InChI=1S/C3H6O2.CH2N4/c1-2-5-3-4;1-2-4-5-3-1/h3H,2H2,1H3;1H,(H,2,3,4,5). The number of aromatic nitrogens is 4. The molecule has 0 atom stereocenters. The molecule has 0 aliphatic carbocycles. The summed E-state index contributed by atoms with van der Waals surface area (Å²) in [6.45, 7) is 2.66. The van der Waals surface area contributed by atoms with Crippen LogP contribution in [0.15, 0.2) is 6.33 Å². The van der Waals surface area contributed by atoms with Gasteiger partial charge in [0.05, 0.1) is 6.61 Å². The first-order valence-corrected chi connectivity index (χ1v) is 2.63. The van der Waals surface area contributed by atoms with Crippen LogP contribution >= 0.6 is 0 Å². The Labute approximate surface area is 57.6 Å². The Hall–Kier alpha value is -1.46. The summed E-state index contributed by atoms with van der Waals surface area (Å²) in [5.74, 6) is 0. The van der Waals surface area contributed by atoms with Gasteiger partial charge in [0.25, 0.3) is 6.47 Å². The molecule has 0 aromatic carbocycles. The molecule has 1 aromatic heterocycles. The Balaban J connectivity index is 0.000000162. The fourth-order valence-electron chi connectivity index (χ4n) is 0.197. The minimum Gasteiger partial charge on any atom is -0.468 e. The molecule has 0 amide bonds. The van der Waals surface area contributed by atoms with Gasteiger partial charge in [-0.2, -0.15) is 5.21 Å². The van der Waals surface area contributed by atoms with Crippen LogP contribution in [-0.4, -0.2) is 33.7 Å². The molecule has 1 N–H and O–H groups in total. The van der Waals surface area contributed by atoms with Gasteiger partial charge in [0.15, 0.2) is 6.33 Å². The third-order valence-electron chi connectivity index (χ3n) is 0.504. The molecular formula is C4H8N4O2. The highest BCUT2D eigenvalue weighted by atomic mass is 16.5. The smallest absolute Gasteiger partial charge is 0.293 e. The van der Waals surface area contributed by atoms with Gasteiger partial charge in [0.2, 0.25) is 0 Å². The maximum atomic E-state index is 9.18. The van der Waals surface area contributed by atoms with Crippen molar-refractivity contribution in [2.75, 3.05) is 6.61 Å². The topological polar surface area (TPSA) is 80.8 Å². The quantitative estimate of drug-likeness (QED) is 0.559. The molecule has 0 bridgehead atoms. The molecule has 0 spiro atoms. The number of hydrogen-bond acceptors (Lipinski definition) is 5. The van der Waals surface area contributed by atoms with Crippen LogP contribution in [0.25, 0.3) is 0 Å². The number of nitrogens with zero attached hydrogens (tertiary/aromatic N) is 3. The molecule has 0 saturated carbocycles. The summed E-state index contributed by atoms with van der Waals surface area (Å²) in [5, 5.41) is 12.2. The summed E-state index contributed by atoms with van der Waals surface area (Å²) in [5.41, 5.74) is 0. The molecule has 0 radical (unpaired) electrons. The van der Waals surface area contributed by atoms with E-state index in [9.17, 15) is 4.79 Å². The lowest BCUT2D eigenvalue weighted by molar-refractivity contribution is -0.128. The zero-order chi connectivity index (χ0) is 7.66. The molecule has 0 fully saturated rings. The van der Waals surface area contributed by atoms with Crippen LogP contribution in [-0.2, 0) is 9.53 Å². The van der Waals surface area contributed by atoms with Crippen molar-refractivity contribution in [1.82, 2.24) is 20.6 Å². The van der Waals surface area contributed by atoms with Crippen LogP contribution in [0.4, 0.5) is 0 Å². The molecule has 1 rings (SSSR count). The summed E-state index contributed by atoms with van der Waals surface area (Å²) >= 11 is 0. The van der Waals surface area contributed by atoms with Crippen molar-refractivity contribution in [2.45, 2.75) is 6.92 Å². The van der Waals surface area contributed by atoms with Crippen molar-refractivity contribution in [3.05, 3.63) is 6.33 Å². The van der Waals surface area contributed by atoms with Crippen LogP contribution in [0.5, 0.6) is 0 Å². The van der Waals surface area contributed by atoms with Gasteiger partial charge < -0.3 is 4.74 Å². The van der Waals surface area contributed by atoms with Crippen molar-refractivity contribution < 1.29 is 9.53 Å². The Morgan fingerprint density at radius 2 is 2.60 bits per heavy atom. The van der Waals surface area contributed by atoms with E-state index in [0.29, 0.717) is 13.1 Å². The second kappa shape index (κ2) is 7.54. The van der Waals surface area contributed by atoms with Crippen LogP contribution < -0.4 is 0 Å². The van der Waals surface area contributed by atoms with Crippen molar-refractivity contribution >= 4 is 6.47 Å². The average Bonchev–Trinajstić information content (AvgIpc) is 2.44. The van der Waals surface area contributed by atoms with E-state index in [2.05, 4.69) is 25.4 Å². The summed E-state index contributed by atoms with van der Waals surface area (Å²) < 4.78 is 4.15. The lowest BCUT2D eigenvalue weighted by Crippen LogP contribution is -1.80. The molecule has 0 aliphatic rings. The Morgan fingerprint density at radius 3 is 2.70 bits per heavy atom. The van der Waals surface area contributed by atoms with Crippen LogP contribution in [0.3, 0.4) is 0 Å². The van der Waals surface area contributed by atoms with E-state index in [-0.39, 0.29) is 0 Å². The zero-order valence-corrected chi connectivity index (χ0v) is 5.52. The largest absolute Gasteiger partial charge is 0.468 e. The van der Waals surface area contributed by atoms with Crippen LogP contribution in [0.1, 0.15) is 6.92 Å². The summed E-state index contributed by atoms with van der Waals surface area (Å²) in [7, 11) is 0. The molecule has 0 saturated heterocycles. The first-order valence-electron chi connectivity index (χ1n) is 2.63. The predicted molar refractivity (Wildman–Crippen MR) is 31.9 cm³/mol. The molecule has 56 valence electrons. The van der Waals surface area contributed by atoms with E-state index in [4.69, 9.17) is 0 Å². The molecule has 6 nitrogen and oxygen atoms in total. The molecule has 1 aromatic rings. The number of aromatic amines is 1. The number of tetrazole rings is 1. The normalized spacial score (nSPS) is 7.30. The number of nitrogens with one attached hydrogen (secondary N) is 1. The van der Waals surface area contributed by atoms with Gasteiger partial charge in [-0.15, -0.1) is 10.2 Å². The second-order valence-corrected chi connectivity index (χ2v) is 1.11. The van der Waals surface area contributed by atoms with Gasteiger partial charge in [-0.1, -0.05) is 5.21 Å². The van der Waals surface area contributed by atoms with Gasteiger partial charge in [0, 0.05) is 0 Å². The third kappa shape index (κ3) is 6.54. The highest BCUT2D eigenvalue weighted by Crippen LogP contribution is 1.55. The lowest BCUT2D eigenvalue weighted by Gasteiger charge is -1.79. The lowest BCUT2D eigenvalue weighted by atomic mass is 10.9. The number of carbonyl (C=O) groups excluding carboxylic acids is 1. The highest BCUT2D eigenvalue weighted by Gasteiger charge is 1.60. The predicted octanol–water partition coefficient (Wildman–Crippen LogP) is -0.621. The van der Waals surface area contributed by atoms with Gasteiger partial charge in [-0.25, -0.2) is 0 Å². The van der Waals surface area contributed by atoms with E-state index in [1.165, 1.54) is 6.33 Å². The van der Waals surface area contributed by atoms with E-state index < -0.39 is 0 Å². The summed E-state index contributed by atoms with van der Waals surface area (Å²) in [6.07, 6.45) is 1.33. The fraction of sp³-hybridized carbons (Fsp3) is 0.500. The molecule has 0 aliphatic heterocycles. The van der Waals surface area contributed by atoms with E-state index in [0.717, 1.165) is 0 Å². The SMILES string of the molecule is CCOC=O.c1nn[nH]n1. The van der Waals surface area contributed by atoms with Crippen LogP contribution in [0, 0.1) is 0 Å². The highest BCUT2D eigenvalue weighted by molar-refractivity contribution is 5.36. The van der Waals surface area contributed by atoms with E-state index in [1.54, 1.807) is 6.92 Å². The number of carbonyl (C=O) groups is 1. The molecule has 0 unspecified atom stereocenters. The first-order chi connectivity index (χ1) is 4.91. The van der Waals surface area contributed by atoms with E-state index >= 15 is 0 Å². The van der Waals surface area contributed by atoms with Crippen molar-refractivity contribution in [3.63, 3.8) is 0 Å². The monoisotopic (exact) mass is 144 g/mol. The molecule has 10 heavy (non-hydrogen) atoms. The molecule has 1 heterocycles. The van der Waals surface area contributed by atoms with Crippen LogP contribution in [0.2, 0.25) is 0 Å². The maximum absolute atomic E-state index is 9.18. The van der Waals surface area contributed by atoms with Crippen molar-refractivity contribution in [3.8, 4) is 0 Å². The van der Waals surface area contributed by atoms with Gasteiger partial charge in [-0.3, -0.25) is 4.79 Å². The molecule has 6 heteroatoms. The van der Waals surface area contributed by atoms with Gasteiger partial charge in [0.1, 0.15) is 0 Å². The third-order valence-corrected chi connectivity index (χ3v) is 0.504.